The topological polar surface area (TPSA) is 49.3 Å². The van der Waals surface area contributed by atoms with E-state index in [0.717, 1.165) is 9.35 Å². The van der Waals surface area contributed by atoms with Crippen molar-refractivity contribution in [1.82, 2.24) is 5.32 Å². The smallest absolute Gasteiger partial charge is 0.255 e. The fourth-order valence-electron chi connectivity index (χ4n) is 1.58. The Bertz CT molecular complexity index is 554. The fraction of sp³-hybridized carbons (Fsp3) is 0.154. The molecule has 3 nitrogen and oxygen atoms in total. The van der Waals surface area contributed by atoms with Crippen LogP contribution in [0.5, 0.6) is 5.75 Å². The lowest BCUT2D eigenvalue weighted by Crippen LogP contribution is -2.26. The number of hydrogen-bond donors (Lipinski definition) is 2. The van der Waals surface area contributed by atoms with E-state index >= 15 is 0 Å². The van der Waals surface area contributed by atoms with Gasteiger partial charge in [0, 0.05) is 9.35 Å². The zero-order valence-corrected chi connectivity index (χ0v) is 12.1. The second kappa shape index (κ2) is 5.54. The first-order chi connectivity index (χ1) is 8.58. The first-order valence-corrected chi connectivity index (χ1v) is 7.08. The molecule has 2 rings (SSSR count). The van der Waals surface area contributed by atoms with Crippen molar-refractivity contribution in [3.8, 4) is 5.75 Å². The van der Waals surface area contributed by atoms with Crippen LogP contribution in [-0.2, 0) is 0 Å². The Labute approximate surface area is 118 Å². The number of hydrogen-bond acceptors (Lipinski definition) is 3. The highest BCUT2D eigenvalue weighted by atomic mass is 79.9. The van der Waals surface area contributed by atoms with E-state index in [1.165, 1.54) is 6.07 Å². The molecule has 2 aromatic rings. The molecule has 0 fully saturated rings. The third kappa shape index (κ3) is 2.91. The van der Waals surface area contributed by atoms with Crippen LogP contribution >= 0.6 is 27.3 Å². The third-order valence-electron chi connectivity index (χ3n) is 2.52. The zero-order chi connectivity index (χ0) is 13.1. The van der Waals surface area contributed by atoms with Gasteiger partial charge in [-0.25, -0.2) is 0 Å². The summed E-state index contributed by atoms with van der Waals surface area (Å²) in [5, 5.41) is 14.5. The minimum Gasteiger partial charge on any atom is -0.507 e. The van der Waals surface area contributed by atoms with Gasteiger partial charge in [0.05, 0.1) is 11.6 Å². The zero-order valence-electron chi connectivity index (χ0n) is 9.68. The molecule has 5 heteroatoms. The Hall–Kier alpha value is -1.33. The molecule has 0 bridgehead atoms. The van der Waals surface area contributed by atoms with E-state index in [2.05, 4.69) is 21.2 Å². The molecular formula is C13H12BrNO2S. The summed E-state index contributed by atoms with van der Waals surface area (Å²) in [5.41, 5.74) is 0.279. The van der Waals surface area contributed by atoms with Crippen molar-refractivity contribution < 1.29 is 9.90 Å². The second-order valence-corrected chi connectivity index (χ2v) is 5.77. The highest BCUT2D eigenvalue weighted by Gasteiger charge is 2.15. The molecule has 1 amide bonds. The van der Waals surface area contributed by atoms with E-state index in [4.69, 9.17) is 0 Å². The summed E-state index contributed by atoms with van der Waals surface area (Å²) in [6.07, 6.45) is 0. The van der Waals surface area contributed by atoms with Gasteiger partial charge in [-0.3, -0.25) is 4.79 Å². The lowest BCUT2D eigenvalue weighted by molar-refractivity contribution is 0.0938. The average molecular weight is 326 g/mol. The number of amides is 1. The molecule has 1 unspecified atom stereocenters. The molecule has 18 heavy (non-hydrogen) atoms. The highest BCUT2D eigenvalue weighted by molar-refractivity contribution is 9.10. The SMILES string of the molecule is CC(NC(=O)c1ccc(Br)cc1O)c1cccs1. The van der Waals surface area contributed by atoms with E-state index in [-0.39, 0.29) is 23.3 Å². The minimum absolute atomic E-state index is 0.0275. The van der Waals surface area contributed by atoms with Crippen LogP contribution in [0.3, 0.4) is 0 Å². The van der Waals surface area contributed by atoms with Gasteiger partial charge >= 0.3 is 0 Å². The van der Waals surface area contributed by atoms with Crippen molar-refractivity contribution in [2.45, 2.75) is 13.0 Å². The van der Waals surface area contributed by atoms with Gasteiger partial charge in [0.1, 0.15) is 5.75 Å². The lowest BCUT2D eigenvalue weighted by atomic mass is 10.1. The van der Waals surface area contributed by atoms with Crippen molar-refractivity contribution in [3.63, 3.8) is 0 Å². The average Bonchev–Trinajstić information content (AvgIpc) is 2.81. The predicted octanol–water partition coefficient (Wildman–Crippen LogP) is 3.71. The van der Waals surface area contributed by atoms with Gasteiger partial charge in [-0.05, 0) is 36.6 Å². The Morgan fingerprint density at radius 3 is 2.83 bits per heavy atom. The predicted molar refractivity (Wildman–Crippen MR) is 76.0 cm³/mol. The summed E-state index contributed by atoms with van der Waals surface area (Å²) in [4.78, 5) is 13.1. The molecule has 0 radical (unpaired) electrons. The first kappa shape index (κ1) is 13.1. The number of rotatable bonds is 3. The second-order valence-electron chi connectivity index (χ2n) is 3.87. The number of carbonyl (C=O) groups is 1. The van der Waals surface area contributed by atoms with Crippen molar-refractivity contribution >= 4 is 33.2 Å². The number of phenolic OH excluding ortho intramolecular Hbond substituents is 1. The van der Waals surface area contributed by atoms with Gasteiger partial charge < -0.3 is 10.4 Å². The van der Waals surface area contributed by atoms with Crippen molar-refractivity contribution in [1.29, 1.82) is 0 Å². The first-order valence-electron chi connectivity index (χ1n) is 5.40. The number of thiophene rings is 1. The van der Waals surface area contributed by atoms with Gasteiger partial charge in [-0.15, -0.1) is 11.3 Å². The number of benzene rings is 1. The molecule has 0 saturated carbocycles. The third-order valence-corrected chi connectivity index (χ3v) is 4.07. The van der Waals surface area contributed by atoms with Crippen LogP contribution in [0.4, 0.5) is 0 Å². The minimum atomic E-state index is -0.277. The Morgan fingerprint density at radius 2 is 2.22 bits per heavy atom. The van der Waals surface area contributed by atoms with E-state index in [0.29, 0.717) is 0 Å². The highest BCUT2D eigenvalue weighted by Crippen LogP contribution is 2.24. The Morgan fingerprint density at radius 1 is 1.44 bits per heavy atom. The monoisotopic (exact) mass is 325 g/mol. The summed E-state index contributed by atoms with van der Waals surface area (Å²) >= 11 is 4.83. The molecule has 1 heterocycles. The molecule has 2 N–H and O–H groups in total. The van der Waals surface area contributed by atoms with E-state index in [1.54, 1.807) is 23.5 Å². The molecule has 0 aliphatic heterocycles. The normalized spacial score (nSPS) is 12.1. The van der Waals surface area contributed by atoms with Gasteiger partial charge in [0.15, 0.2) is 0 Å². The number of halogens is 1. The van der Waals surface area contributed by atoms with Gasteiger partial charge in [-0.1, -0.05) is 22.0 Å². The molecule has 0 spiro atoms. The van der Waals surface area contributed by atoms with E-state index < -0.39 is 0 Å². The van der Waals surface area contributed by atoms with Crippen molar-refractivity contribution in [2.75, 3.05) is 0 Å². The molecule has 1 atom stereocenters. The Balaban J connectivity index is 2.12. The van der Waals surface area contributed by atoms with Crippen LogP contribution in [-0.4, -0.2) is 11.0 Å². The maximum atomic E-state index is 12.0. The summed E-state index contributed by atoms with van der Waals surface area (Å²) in [6.45, 7) is 1.92. The van der Waals surface area contributed by atoms with Crippen LogP contribution in [0, 0.1) is 0 Å². The standard InChI is InChI=1S/C13H12BrNO2S/c1-8(12-3-2-6-18-12)15-13(17)10-5-4-9(14)7-11(10)16/h2-8,16H,1H3,(H,15,17). The Kier molecular flexibility index (Phi) is 4.04. The van der Waals surface area contributed by atoms with Crippen LogP contribution < -0.4 is 5.32 Å². The van der Waals surface area contributed by atoms with Crippen LogP contribution in [0.25, 0.3) is 0 Å². The summed E-state index contributed by atoms with van der Waals surface area (Å²) in [5.74, 6) is -0.304. The van der Waals surface area contributed by atoms with E-state index in [1.807, 2.05) is 24.4 Å². The van der Waals surface area contributed by atoms with Crippen LogP contribution in [0.2, 0.25) is 0 Å². The number of aromatic hydroxyl groups is 1. The fourth-order valence-corrected chi connectivity index (χ4v) is 2.66. The lowest BCUT2D eigenvalue weighted by Gasteiger charge is -2.13. The quantitative estimate of drug-likeness (QED) is 0.903. The molecule has 1 aromatic carbocycles. The number of phenols is 1. The van der Waals surface area contributed by atoms with Gasteiger partial charge in [0.2, 0.25) is 0 Å². The van der Waals surface area contributed by atoms with Crippen molar-refractivity contribution in [2.24, 2.45) is 0 Å². The van der Waals surface area contributed by atoms with Crippen LogP contribution in [0.15, 0.2) is 40.2 Å². The van der Waals surface area contributed by atoms with E-state index in [9.17, 15) is 9.90 Å². The molecule has 0 aliphatic rings. The molecule has 1 aromatic heterocycles. The van der Waals surface area contributed by atoms with Crippen LogP contribution in [0.1, 0.15) is 28.2 Å². The summed E-state index contributed by atoms with van der Waals surface area (Å²) in [6, 6.07) is 8.67. The number of carbonyl (C=O) groups excluding carboxylic acids is 1. The maximum Gasteiger partial charge on any atom is 0.255 e. The molecule has 94 valence electrons. The molecule has 0 aliphatic carbocycles. The van der Waals surface area contributed by atoms with Gasteiger partial charge in [-0.2, -0.15) is 0 Å². The molecular weight excluding hydrogens is 314 g/mol. The molecule has 0 saturated heterocycles. The summed E-state index contributed by atoms with van der Waals surface area (Å²) in [7, 11) is 0. The van der Waals surface area contributed by atoms with Crippen molar-refractivity contribution in [3.05, 3.63) is 50.6 Å². The summed E-state index contributed by atoms with van der Waals surface area (Å²) < 4.78 is 0.739. The largest absolute Gasteiger partial charge is 0.507 e. The van der Waals surface area contributed by atoms with Gasteiger partial charge in [0.25, 0.3) is 5.91 Å². The number of nitrogens with one attached hydrogen (secondary N) is 1. The maximum absolute atomic E-state index is 12.0.